The molecule has 1 atom stereocenters. The van der Waals surface area contributed by atoms with Crippen molar-refractivity contribution in [3.63, 3.8) is 0 Å². The highest BCUT2D eigenvalue weighted by atomic mass is 35.5. The van der Waals surface area contributed by atoms with Gasteiger partial charge < -0.3 is 10.2 Å². The van der Waals surface area contributed by atoms with Crippen LogP contribution >= 0.6 is 23.2 Å². The van der Waals surface area contributed by atoms with Crippen molar-refractivity contribution in [2.75, 3.05) is 18.0 Å². The van der Waals surface area contributed by atoms with Gasteiger partial charge in [0.1, 0.15) is 0 Å². The van der Waals surface area contributed by atoms with E-state index in [-0.39, 0.29) is 11.9 Å². The zero-order valence-electron chi connectivity index (χ0n) is 16.6. The second kappa shape index (κ2) is 9.67. The molecule has 0 bridgehead atoms. The molecule has 1 fully saturated rings. The van der Waals surface area contributed by atoms with Gasteiger partial charge in [-0.15, -0.1) is 0 Å². The fourth-order valence-electron chi connectivity index (χ4n) is 3.61. The van der Waals surface area contributed by atoms with E-state index < -0.39 is 0 Å². The molecule has 1 amide bonds. The van der Waals surface area contributed by atoms with E-state index in [0.717, 1.165) is 30.1 Å². The maximum Gasteiger partial charge on any atom is 0.220 e. The number of piperidine rings is 1. The lowest BCUT2D eigenvalue weighted by Gasteiger charge is -2.32. The molecular weight excluding hydrogens is 391 g/mol. The van der Waals surface area contributed by atoms with Crippen LogP contribution in [0, 0.1) is 5.92 Å². The zero-order valence-corrected chi connectivity index (χ0v) is 18.1. The monoisotopic (exact) mass is 418 g/mol. The molecule has 5 heteroatoms. The number of carbonyl (C=O) groups excluding carboxylic acids is 1. The normalized spacial score (nSPS) is 16.1. The van der Waals surface area contributed by atoms with Crippen molar-refractivity contribution in [2.45, 2.75) is 45.6 Å². The summed E-state index contributed by atoms with van der Waals surface area (Å²) in [6.45, 7) is 6.59. The van der Waals surface area contributed by atoms with Crippen LogP contribution in [0.25, 0.3) is 0 Å². The summed E-state index contributed by atoms with van der Waals surface area (Å²) in [5.41, 5.74) is 3.33. The molecule has 1 saturated heterocycles. The minimum Gasteiger partial charge on any atom is -0.372 e. The molecule has 0 saturated carbocycles. The molecule has 2 aromatic carbocycles. The van der Waals surface area contributed by atoms with E-state index in [9.17, 15) is 4.79 Å². The molecule has 0 unspecified atom stereocenters. The van der Waals surface area contributed by atoms with Gasteiger partial charge in [0.15, 0.2) is 0 Å². The van der Waals surface area contributed by atoms with Gasteiger partial charge in [0.25, 0.3) is 0 Å². The van der Waals surface area contributed by atoms with Crippen LogP contribution in [0.15, 0.2) is 42.5 Å². The number of nitrogens with one attached hydrogen (secondary N) is 1. The first-order valence-corrected chi connectivity index (χ1v) is 10.8. The Morgan fingerprint density at radius 1 is 1.14 bits per heavy atom. The Morgan fingerprint density at radius 3 is 2.46 bits per heavy atom. The van der Waals surface area contributed by atoms with E-state index in [1.54, 1.807) is 12.1 Å². The molecular formula is C23H28Cl2N2O. The first kappa shape index (κ1) is 21.0. The third kappa shape index (κ3) is 5.65. The average Bonchev–Trinajstić information content (AvgIpc) is 2.68. The van der Waals surface area contributed by atoms with E-state index in [1.165, 1.54) is 18.5 Å². The number of benzene rings is 2. The molecule has 150 valence electrons. The Hall–Kier alpha value is -1.71. The van der Waals surface area contributed by atoms with E-state index in [1.807, 2.05) is 13.0 Å². The number of hydrogen-bond acceptors (Lipinski definition) is 2. The van der Waals surface area contributed by atoms with Gasteiger partial charge in [0.2, 0.25) is 5.91 Å². The Labute approximate surface area is 178 Å². The van der Waals surface area contributed by atoms with Crippen LogP contribution < -0.4 is 10.2 Å². The average molecular weight is 419 g/mol. The smallest absolute Gasteiger partial charge is 0.220 e. The number of amides is 1. The third-order valence-electron chi connectivity index (χ3n) is 5.56. The van der Waals surface area contributed by atoms with E-state index >= 15 is 0 Å². The fourth-order valence-corrected chi connectivity index (χ4v) is 4.11. The van der Waals surface area contributed by atoms with Crippen LogP contribution in [0.1, 0.15) is 50.3 Å². The molecule has 3 nitrogen and oxygen atoms in total. The number of hydrogen-bond donors (Lipinski definition) is 1. The van der Waals surface area contributed by atoms with Crippen molar-refractivity contribution in [1.82, 2.24) is 5.32 Å². The predicted octanol–water partition coefficient (Wildman–Crippen LogP) is 6.04. The van der Waals surface area contributed by atoms with Gasteiger partial charge >= 0.3 is 0 Å². The highest BCUT2D eigenvalue weighted by molar-refractivity contribution is 6.35. The van der Waals surface area contributed by atoms with E-state index in [0.29, 0.717) is 22.9 Å². The molecule has 1 aliphatic rings. The van der Waals surface area contributed by atoms with Crippen LogP contribution in [-0.4, -0.2) is 19.0 Å². The molecule has 1 heterocycles. The summed E-state index contributed by atoms with van der Waals surface area (Å²) in [7, 11) is 0. The highest BCUT2D eigenvalue weighted by Gasteiger charge is 2.16. The first-order chi connectivity index (χ1) is 13.4. The van der Waals surface area contributed by atoms with Crippen molar-refractivity contribution < 1.29 is 4.79 Å². The largest absolute Gasteiger partial charge is 0.372 e. The minimum atomic E-state index is -0.0244. The maximum absolute atomic E-state index is 12.3. The lowest BCUT2D eigenvalue weighted by Crippen LogP contribution is -2.32. The van der Waals surface area contributed by atoms with E-state index in [2.05, 4.69) is 41.4 Å². The summed E-state index contributed by atoms with van der Waals surface area (Å²) >= 11 is 12.1. The molecule has 0 aliphatic carbocycles. The van der Waals surface area contributed by atoms with Crippen LogP contribution in [0.4, 0.5) is 5.69 Å². The fraction of sp³-hybridized carbons (Fsp3) is 0.435. The summed E-state index contributed by atoms with van der Waals surface area (Å²) < 4.78 is 0. The van der Waals surface area contributed by atoms with Gasteiger partial charge in [0.05, 0.1) is 6.04 Å². The number of halogens is 2. The summed E-state index contributed by atoms with van der Waals surface area (Å²) in [6.07, 6.45) is 3.51. The molecule has 1 aliphatic heterocycles. The predicted molar refractivity (Wildman–Crippen MR) is 118 cm³/mol. The Balaban J connectivity index is 1.51. The summed E-state index contributed by atoms with van der Waals surface area (Å²) in [5, 5.41) is 4.29. The van der Waals surface area contributed by atoms with Gasteiger partial charge in [0, 0.05) is 35.2 Å². The quantitative estimate of drug-likeness (QED) is 0.619. The SMILES string of the molecule is CC1CCN(c2ccc([C@H](C)NC(=O)CCc3ccc(Cl)cc3Cl)cc2)CC1. The van der Waals surface area contributed by atoms with Gasteiger partial charge in [-0.25, -0.2) is 0 Å². The Bertz CT molecular complexity index is 799. The van der Waals surface area contributed by atoms with Crippen molar-refractivity contribution in [1.29, 1.82) is 0 Å². The van der Waals surface area contributed by atoms with Crippen molar-refractivity contribution in [2.24, 2.45) is 5.92 Å². The molecule has 2 aromatic rings. The van der Waals surface area contributed by atoms with Gasteiger partial charge in [-0.05, 0) is 67.5 Å². The molecule has 3 rings (SSSR count). The lowest BCUT2D eigenvalue weighted by molar-refractivity contribution is -0.121. The number of aryl methyl sites for hydroxylation is 1. The topological polar surface area (TPSA) is 32.3 Å². The Kier molecular flexibility index (Phi) is 7.25. The molecule has 0 radical (unpaired) electrons. The zero-order chi connectivity index (χ0) is 20.1. The second-order valence-corrected chi connectivity index (χ2v) is 8.63. The van der Waals surface area contributed by atoms with Gasteiger partial charge in [-0.3, -0.25) is 4.79 Å². The Morgan fingerprint density at radius 2 is 1.82 bits per heavy atom. The number of anilines is 1. The molecule has 0 aromatic heterocycles. The molecule has 1 N–H and O–H groups in total. The number of nitrogens with zero attached hydrogens (tertiary/aromatic N) is 1. The summed E-state index contributed by atoms with van der Waals surface area (Å²) in [6, 6.07) is 13.9. The standard InChI is InChI=1S/C23H28Cl2N2O/c1-16-11-13-27(14-12-16)21-8-4-18(5-9-21)17(2)26-23(28)10-6-19-3-7-20(24)15-22(19)25/h3-5,7-9,15-17H,6,10-14H2,1-2H3,(H,26,28)/t17-/m0/s1. The van der Waals surface area contributed by atoms with Crippen molar-refractivity contribution >= 4 is 34.8 Å². The van der Waals surface area contributed by atoms with Crippen LogP contribution in [-0.2, 0) is 11.2 Å². The van der Waals surface area contributed by atoms with Gasteiger partial charge in [-0.1, -0.05) is 48.3 Å². The van der Waals surface area contributed by atoms with Crippen molar-refractivity contribution in [3.05, 3.63) is 63.6 Å². The highest BCUT2D eigenvalue weighted by Crippen LogP contribution is 2.25. The minimum absolute atomic E-state index is 0.0209. The summed E-state index contributed by atoms with van der Waals surface area (Å²) in [4.78, 5) is 14.8. The molecule has 0 spiro atoms. The molecule has 28 heavy (non-hydrogen) atoms. The van der Waals surface area contributed by atoms with Gasteiger partial charge in [-0.2, -0.15) is 0 Å². The van der Waals surface area contributed by atoms with E-state index in [4.69, 9.17) is 23.2 Å². The number of carbonyl (C=O) groups is 1. The first-order valence-electron chi connectivity index (χ1n) is 10.0. The van der Waals surface area contributed by atoms with Crippen molar-refractivity contribution in [3.8, 4) is 0 Å². The third-order valence-corrected chi connectivity index (χ3v) is 6.14. The van der Waals surface area contributed by atoms with Crippen LogP contribution in [0.5, 0.6) is 0 Å². The van der Waals surface area contributed by atoms with Crippen LogP contribution in [0.2, 0.25) is 10.0 Å². The lowest BCUT2D eigenvalue weighted by atomic mass is 9.98. The summed E-state index contributed by atoms with van der Waals surface area (Å²) in [5.74, 6) is 0.848. The van der Waals surface area contributed by atoms with Crippen LogP contribution in [0.3, 0.4) is 0 Å². The number of rotatable bonds is 6. The second-order valence-electron chi connectivity index (χ2n) is 7.79. The maximum atomic E-state index is 12.3.